The lowest BCUT2D eigenvalue weighted by Gasteiger charge is -2.50. The number of nitrogens with one attached hydrogen (secondary N) is 1. The summed E-state index contributed by atoms with van der Waals surface area (Å²) in [5.74, 6) is 1.90. The van der Waals surface area contributed by atoms with Crippen molar-refractivity contribution in [1.82, 2.24) is 0 Å². The molecule has 0 amide bonds. The Balaban J connectivity index is 2.29. The van der Waals surface area contributed by atoms with Gasteiger partial charge in [0.2, 0.25) is 0 Å². The minimum atomic E-state index is -0.246. The summed E-state index contributed by atoms with van der Waals surface area (Å²) in [5.41, 5.74) is 6.95. The topological polar surface area (TPSA) is 38.0 Å². The van der Waals surface area contributed by atoms with Gasteiger partial charge in [-0.05, 0) is 51.7 Å². The number of halogens is 2. The van der Waals surface area contributed by atoms with Crippen LogP contribution >= 0.6 is 27.7 Å². The van der Waals surface area contributed by atoms with Crippen molar-refractivity contribution in [2.75, 3.05) is 23.4 Å². The molecule has 19 heavy (non-hydrogen) atoms. The fourth-order valence-electron chi connectivity index (χ4n) is 2.45. The molecule has 5 heteroatoms. The first-order valence-corrected chi connectivity index (χ1v) is 8.36. The van der Waals surface area contributed by atoms with Crippen molar-refractivity contribution in [2.24, 2.45) is 11.1 Å². The summed E-state index contributed by atoms with van der Waals surface area (Å²) in [7, 11) is 0. The van der Waals surface area contributed by atoms with Crippen molar-refractivity contribution >= 4 is 33.4 Å². The molecule has 2 nitrogen and oxygen atoms in total. The fraction of sp³-hybridized carbons (Fsp3) is 0.571. The number of nitrogens with two attached hydrogens (primary N) is 1. The quantitative estimate of drug-likeness (QED) is 0.872. The van der Waals surface area contributed by atoms with Crippen molar-refractivity contribution in [3.05, 3.63) is 28.5 Å². The van der Waals surface area contributed by atoms with Crippen LogP contribution in [-0.4, -0.2) is 23.6 Å². The van der Waals surface area contributed by atoms with Crippen LogP contribution in [0.25, 0.3) is 0 Å². The van der Waals surface area contributed by atoms with Crippen LogP contribution in [0.3, 0.4) is 0 Å². The average Bonchev–Trinajstić information content (AvgIpc) is 2.36. The van der Waals surface area contributed by atoms with E-state index in [0.717, 1.165) is 17.9 Å². The number of hydrogen-bond acceptors (Lipinski definition) is 3. The van der Waals surface area contributed by atoms with E-state index in [1.807, 2.05) is 11.8 Å². The molecule has 1 heterocycles. The van der Waals surface area contributed by atoms with E-state index in [2.05, 4.69) is 35.1 Å². The number of rotatable bonds is 3. The molecule has 0 spiro atoms. The van der Waals surface area contributed by atoms with Gasteiger partial charge in [0.25, 0.3) is 0 Å². The van der Waals surface area contributed by atoms with Crippen molar-refractivity contribution in [3.8, 4) is 0 Å². The van der Waals surface area contributed by atoms with Crippen LogP contribution in [0.5, 0.6) is 0 Å². The molecule has 0 bridgehead atoms. The first-order valence-electron chi connectivity index (χ1n) is 6.41. The first-order chi connectivity index (χ1) is 8.90. The van der Waals surface area contributed by atoms with Gasteiger partial charge in [-0.15, -0.1) is 0 Å². The highest BCUT2D eigenvalue weighted by Crippen LogP contribution is 2.43. The molecule has 0 aliphatic carbocycles. The van der Waals surface area contributed by atoms with E-state index < -0.39 is 0 Å². The van der Waals surface area contributed by atoms with E-state index in [1.54, 1.807) is 12.1 Å². The van der Waals surface area contributed by atoms with Crippen LogP contribution in [0.4, 0.5) is 10.1 Å². The van der Waals surface area contributed by atoms with Crippen LogP contribution in [-0.2, 0) is 0 Å². The summed E-state index contributed by atoms with van der Waals surface area (Å²) in [4.78, 5) is 0. The van der Waals surface area contributed by atoms with Gasteiger partial charge >= 0.3 is 0 Å². The van der Waals surface area contributed by atoms with Crippen LogP contribution in [0.15, 0.2) is 22.7 Å². The van der Waals surface area contributed by atoms with E-state index >= 15 is 0 Å². The maximum Gasteiger partial charge on any atom is 0.137 e. The maximum absolute atomic E-state index is 13.3. The predicted octanol–water partition coefficient (Wildman–Crippen LogP) is 3.86. The van der Waals surface area contributed by atoms with Crippen molar-refractivity contribution in [3.63, 3.8) is 0 Å². The van der Waals surface area contributed by atoms with E-state index in [0.29, 0.717) is 11.0 Å². The van der Waals surface area contributed by atoms with Gasteiger partial charge < -0.3 is 11.1 Å². The lowest BCUT2D eigenvalue weighted by Crippen LogP contribution is -2.60. The highest BCUT2D eigenvalue weighted by molar-refractivity contribution is 9.10. The molecule has 1 aromatic rings. The van der Waals surface area contributed by atoms with E-state index in [-0.39, 0.29) is 16.8 Å². The van der Waals surface area contributed by atoms with Gasteiger partial charge in [0.1, 0.15) is 5.82 Å². The Labute approximate surface area is 126 Å². The van der Waals surface area contributed by atoms with Gasteiger partial charge in [0, 0.05) is 18.0 Å². The average molecular weight is 347 g/mol. The Hall–Kier alpha value is -0.260. The lowest BCUT2D eigenvalue weighted by atomic mass is 9.70. The van der Waals surface area contributed by atoms with Crippen molar-refractivity contribution < 1.29 is 4.39 Å². The van der Waals surface area contributed by atoms with Gasteiger partial charge in [0.05, 0.1) is 10.0 Å². The van der Waals surface area contributed by atoms with Crippen LogP contribution < -0.4 is 11.1 Å². The Bertz CT molecular complexity index is 467. The summed E-state index contributed by atoms with van der Waals surface area (Å²) in [5, 5.41) is 3.56. The molecule has 0 radical (unpaired) electrons. The molecular formula is C14H20BrFN2S. The zero-order valence-electron chi connectivity index (χ0n) is 11.3. The van der Waals surface area contributed by atoms with Gasteiger partial charge in [-0.25, -0.2) is 4.39 Å². The Kier molecular flexibility index (Phi) is 4.48. The third-order valence-electron chi connectivity index (χ3n) is 4.17. The SMILES string of the molecule is CC1(C)CCSCC1(CN)Nc1ccc(F)c(Br)c1. The molecule has 1 saturated heterocycles. The molecule has 0 saturated carbocycles. The Morgan fingerprint density at radius 1 is 1.47 bits per heavy atom. The van der Waals surface area contributed by atoms with Gasteiger partial charge in [0.15, 0.2) is 0 Å². The molecule has 1 unspecified atom stereocenters. The summed E-state index contributed by atoms with van der Waals surface area (Å²) in [6, 6.07) is 5.02. The molecule has 106 valence electrons. The van der Waals surface area contributed by atoms with Crippen LogP contribution in [0, 0.1) is 11.2 Å². The normalized spacial score (nSPS) is 26.2. The lowest BCUT2D eigenvalue weighted by molar-refractivity contribution is 0.203. The Morgan fingerprint density at radius 3 is 2.79 bits per heavy atom. The second-order valence-electron chi connectivity index (χ2n) is 5.73. The number of benzene rings is 1. The van der Waals surface area contributed by atoms with Gasteiger partial charge in [-0.1, -0.05) is 13.8 Å². The van der Waals surface area contributed by atoms with Gasteiger partial charge in [-0.2, -0.15) is 11.8 Å². The van der Waals surface area contributed by atoms with Crippen LogP contribution in [0.1, 0.15) is 20.3 Å². The first kappa shape index (κ1) is 15.1. The largest absolute Gasteiger partial charge is 0.377 e. The number of thioether (sulfide) groups is 1. The minimum absolute atomic E-state index is 0.119. The second kappa shape index (κ2) is 5.62. The molecule has 2 rings (SSSR count). The third-order valence-corrected chi connectivity index (χ3v) is 5.96. The summed E-state index contributed by atoms with van der Waals surface area (Å²) in [6.45, 7) is 5.08. The Morgan fingerprint density at radius 2 is 2.21 bits per heavy atom. The summed E-state index contributed by atoms with van der Waals surface area (Å²) in [6.07, 6.45) is 1.13. The molecule has 1 fully saturated rings. The predicted molar refractivity (Wildman–Crippen MR) is 85.2 cm³/mol. The maximum atomic E-state index is 13.3. The van der Waals surface area contributed by atoms with E-state index in [4.69, 9.17) is 5.73 Å². The van der Waals surface area contributed by atoms with Crippen LogP contribution in [0.2, 0.25) is 0 Å². The summed E-state index contributed by atoms with van der Waals surface area (Å²) < 4.78 is 13.8. The molecule has 1 atom stereocenters. The zero-order valence-corrected chi connectivity index (χ0v) is 13.7. The highest BCUT2D eigenvalue weighted by atomic mass is 79.9. The van der Waals surface area contributed by atoms with Crippen molar-refractivity contribution in [2.45, 2.75) is 25.8 Å². The minimum Gasteiger partial charge on any atom is -0.377 e. The van der Waals surface area contributed by atoms with Gasteiger partial charge in [-0.3, -0.25) is 0 Å². The standard InChI is InChI=1S/C14H20BrFN2S/c1-13(2)5-6-19-9-14(13,8-17)18-10-3-4-12(16)11(15)7-10/h3-4,7,18H,5-6,8-9,17H2,1-2H3. The molecular weight excluding hydrogens is 327 g/mol. The molecule has 1 aliphatic heterocycles. The third kappa shape index (κ3) is 2.93. The van der Waals surface area contributed by atoms with E-state index in [1.165, 1.54) is 11.8 Å². The molecule has 1 aliphatic rings. The molecule has 1 aromatic carbocycles. The number of hydrogen-bond donors (Lipinski definition) is 2. The van der Waals surface area contributed by atoms with E-state index in [9.17, 15) is 4.39 Å². The monoisotopic (exact) mass is 346 g/mol. The zero-order chi connectivity index (χ0) is 14.1. The smallest absolute Gasteiger partial charge is 0.137 e. The molecule has 3 N–H and O–H groups in total. The second-order valence-corrected chi connectivity index (χ2v) is 7.69. The van der Waals surface area contributed by atoms with Crippen molar-refractivity contribution in [1.29, 1.82) is 0 Å². The highest BCUT2D eigenvalue weighted by Gasteiger charge is 2.46. The summed E-state index contributed by atoms with van der Waals surface area (Å²) >= 11 is 5.15. The fourth-order valence-corrected chi connectivity index (χ4v) is 4.56. The molecule has 0 aromatic heterocycles. The number of anilines is 1.